The second-order valence-electron chi connectivity index (χ2n) is 7.81. The van der Waals surface area contributed by atoms with Crippen molar-refractivity contribution in [3.05, 3.63) is 34.9 Å². The Labute approximate surface area is 189 Å². The Morgan fingerprint density at radius 2 is 2.06 bits per heavy atom. The summed E-state index contributed by atoms with van der Waals surface area (Å²) in [7, 11) is 0. The normalized spacial score (nSPS) is 32.1. The minimum Gasteiger partial charge on any atom is -0.457 e. The van der Waals surface area contributed by atoms with Crippen LogP contribution >= 0.6 is 0 Å². The number of aliphatic hydroxyl groups is 1. The van der Waals surface area contributed by atoms with E-state index >= 15 is 0 Å². The number of esters is 2. The summed E-state index contributed by atoms with van der Waals surface area (Å²) in [5, 5.41) is 9.80. The number of hydrogen-bond acceptors (Lipinski definition) is 8. The van der Waals surface area contributed by atoms with Crippen LogP contribution in [-0.2, 0) is 33.3 Å². The Bertz CT molecular complexity index is 766. The smallest absolute Gasteiger partial charge is 0.333 e. The minimum atomic E-state index is -0.981. The maximum atomic E-state index is 12.8. The lowest BCUT2D eigenvalue weighted by Crippen LogP contribution is -2.47. The molecule has 1 saturated heterocycles. The molecule has 1 aliphatic carbocycles. The molecule has 2 unspecified atom stereocenters. The molecule has 1 aliphatic heterocycles. The van der Waals surface area contributed by atoms with Gasteiger partial charge in [0.15, 0.2) is 0 Å². The number of fused-ring (bicyclic) bond motifs is 1. The van der Waals surface area contributed by atoms with Crippen molar-refractivity contribution in [3.63, 3.8) is 0 Å². The summed E-state index contributed by atoms with van der Waals surface area (Å²) in [6.45, 7) is 7.49. The summed E-state index contributed by atoms with van der Waals surface area (Å²) in [6.07, 6.45) is 4.13. The van der Waals surface area contributed by atoms with Crippen LogP contribution in [0.2, 0.25) is 0 Å². The highest BCUT2D eigenvalue weighted by Gasteiger charge is 2.52. The van der Waals surface area contributed by atoms with Gasteiger partial charge in [0, 0.05) is 24.4 Å². The first-order valence-electron chi connectivity index (χ1n) is 11.1. The van der Waals surface area contributed by atoms with Gasteiger partial charge in [0.1, 0.15) is 24.6 Å². The van der Waals surface area contributed by atoms with Crippen molar-refractivity contribution >= 4 is 18.2 Å². The van der Waals surface area contributed by atoms with E-state index in [1.807, 2.05) is 6.92 Å². The second kappa shape index (κ2) is 12.7. The molecule has 0 saturated carbocycles. The van der Waals surface area contributed by atoms with Crippen LogP contribution in [0.15, 0.2) is 34.9 Å². The Morgan fingerprint density at radius 3 is 2.66 bits per heavy atom. The maximum absolute atomic E-state index is 12.8. The van der Waals surface area contributed by atoms with Crippen LogP contribution in [0.3, 0.4) is 0 Å². The Kier molecular flexibility index (Phi) is 10.3. The number of rotatable bonds is 9. The largest absolute Gasteiger partial charge is 0.457 e. The minimum absolute atomic E-state index is 0.0778. The van der Waals surface area contributed by atoms with E-state index in [1.165, 1.54) is 0 Å². The molecular weight excluding hydrogens is 416 g/mol. The van der Waals surface area contributed by atoms with Gasteiger partial charge in [0.25, 0.3) is 0 Å². The molecule has 8 heteroatoms. The monoisotopic (exact) mass is 450 g/mol. The fourth-order valence-electron chi connectivity index (χ4n) is 4.01. The van der Waals surface area contributed by atoms with Gasteiger partial charge in [-0.05, 0) is 52.2 Å². The quantitative estimate of drug-likeness (QED) is 0.247. The highest BCUT2D eigenvalue weighted by Crippen LogP contribution is 2.39. The molecule has 178 valence electrons. The van der Waals surface area contributed by atoms with E-state index < -0.39 is 42.1 Å². The van der Waals surface area contributed by atoms with E-state index in [0.717, 1.165) is 0 Å². The highest BCUT2D eigenvalue weighted by molar-refractivity contribution is 5.88. The fourth-order valence-corrected chi connectivity index (χ4v) is 4.01. The van der Waals surface area contributed by atoms with E-state index in [-0.39, 0.29) is 19.8 Å². The number of carbonyl (C=O) groups excluding carboxylic acids is 3. The lowest BCUT2D eigenvalue weighted by atomic mass is 9.80. The predicted octanol–water partition coefficient (Wildman–Crippen LogP) is 2.30. The Balaban J connectivity index is 2.64. The number of aliphatic hydroxyl groups excluding tert-OH is 1. The van der Waals surface area contributed by atoms with Gasteiger partial charge in [0.2, 0.25) is 0 Å². The van der Waals surface area contributed by atoms with E-state index in [9.17, 15) is 19.5 Å². The first kappa shape index (κ1) is 26.0. The molecule has 1 heterocycles. The average Bonchev–Trinajstić information content (AvgIpc) is 3.10. The van der Waals surface area contributed by atoms with Gasteiger partial charge in [-0.25, -0.2) is 4.79 Å². The van der Waals surface area contributed by atoms with Gasteiger partial charge in [-0.3, -0.25) is 9.59 Å². The lowest BCUT2D eigenvalue weighted by molar-refractivity contribution is -0.159. The van der Waals surface area contributed by atoms with Crippen molar-refractivity contribution in [2.45, 2.75) is 58.8 Å². The summed E-state index contributed by atoms with van der Waals surface area (Å²) < 4.78 is 23.0. The summed E-state index contributed by atoms with van der Waals surface area (Å²) in [6, 6.07) is 0. The molecule has 0 amide bonds. The van der Waals surface area contributed by atoms with Crippen molar-refractivity contribution in [2.24, 2.45) is 11.8 Å². The molecule has 32 heavy (non-hydrogen) atoms. The van der Waals surface area contributed by atoms with E-state index in [4.69, 9.17) is 18.9 Å². The van der Waals surface area contributed by atoms with Crippen molar-refractivity contribution in [1.29, 1.82) is 0 Å². The van der Waals surface area contributed by atoms with Crippen LogP contribution in [0, 0.1) is 11.8 Å². The van der Waals surface area contributed by atoms with E-state index in [0.29, 0.717) is 42.5 Å². The van der Waals surface area contributed by atoms with Crippen molar-refractivity contribution in [2.75, 3.05) is 26.4 Å². The van der Waals surface area contributed by atoms with Gasteiger partial charge < -0.3 is 24.1 Å². The zero-order valence-electron chi connectivity index (χ0n) is 19.2. The van der Waals surface area contributed by atoms with Crippen LogP contribution in [0.4, 0.5) is 0 Å². The first-order chi connectivity index (χ1) is 15.4. The molecule has 0 aromatic carbocycles. The number of aldehydes is 1. The molecule has 8 nitrogen and oxygen atoms in total. The van der Waals surface area contributed by atoms with Crippen LogP contribution in [0.25, 0.3) is 0 Å². The first-order valence-corrected chi connectivity index (χ1v) is 11.1. The summed E-state index contributed by atoms with van der Waals surface area (Å²) in [4.78, 5) is 37.6. The molecule has 0 spiro atoms. The highest BCUT2D eigenvalue weighted by atomic mass is 16.6. The molecule has 2 aliphatic rings. The summed E-state index contributed by atoms with van der Waals surface area (Å²) in [5.41, 5.74) is 1.40. The third kappa shape index (κ3) is 6.15. The molecule has 1 fully saturated rings. The molecule has 0 aromatic heterocycles. The molecule has 1 N–H and O–H groups in total. The van der Waals surface area contributed by atoms with Gasteiger partial charge in [-0.15, -0.1) is 0 Å². The number of ether oxygens (including phenoxy) is 4. The van der Waals surface area contributed by atoms with E-state index in [1.54, 1.807) is 39.0 Å². The molecule has 0 aromatic rings. The fraction of sp³-hybridized carbons (Fsp3) is 0.625. The van der Waals surface area contributed by atoms with Crippen molar-refractivity contribution in [3.8, 4) is 0 Å². The lowest BCUT2D eigenvalue weighted by Gasteiger charge is -2.35. The van der Waals surface area contributed by atoms with Gasteiger partial charge in [-0.2, -0.15) is 0 Å². The van der Waals surface area contributed by atoms with Crippen LogP contribution in [0.5, 0.6) is 0 Å². The summed E-state index contributed by atoms with van der Waals surface area (Å²) >= 11 is 0. The van der Waals surface area contributed by atoms with Crippen LogP contribution in [0.1, 0.15) is 40.5 Å². The van der Waals surface area contributed by atoms with E-state index in [2.05, 4.69) is 0 Å². The Hall–Kier alpha value is -2.29. The van der Waals surface area contributed by atoms with Crippen molar-refractivity contribution in [1.82, 2.24) is 0 Å². The van der Waals surface area contributed by atoms with Crippen molar-refractivity contribution < 1.29 is 38.4 Å². The standard InChI is InChI=1S/C24H34O8/c1-5-15(4)23(27)32-22-20-18(14-29-6-2)24(28)31-19(20)11-16(12-25)9-8-10-17(13-26)21(22)30-7-3/h5,10-11,13,18-22,25H,6-9,12,14H2,1-4H3/b15-5-,16-11-,17-10-/t18?,19-,20+,21?,22+/m1/s1. The molecule has 2 rings (SSSR count). The third-order valence-electron chi connectivity index (χ3n) is 5.84. The number of carbonyl (C=O) groups is 3. The zero-order chi connectivity index (χ0) is 23.7. The number of allylic oxidation sites excluding steroid dienone is 2. The maximum Gasteiger partial charge on any atom is 0.333 e. The third-order valence-corrected chi connectivity index (χ3v) is 5.84. The topological polar surface area (TPSA) is 108 Å². The van der Waals surface area contributed by atoms with Gasteiger partial charge in [0.05, 0.1) is 25.0 Å². The molecule has 0 radical (unpaired) electrons. The summed E-state index contributed by atoms with van der Waals surface area (Å²) in [5.74, 6) is -2.43. The Morgan fingerprint density at radius 1 is 1.31 bits per heavy atom. The average molecular weight is 451 g/mol. The van der Waals surface area contributed by atoms with Crippen LogP contribution in [-0.4, -0.2) is 68.1 Å². The second-order valence-corrected chi connectivity index (χ2v) is 7.81. The molecule has 0 bridgehead atoms. The molecular formula is C24H34O8. The SMILES string of the molecule is C/C=C(/C)C(=O)O[C@@H]1C(OCC)/C(C=O)=C\CC/C(CO)=C/[C@H]2OC(=O)C(COCC)[C@H]12. The predicted molar refractivity (Wildman–Crippen MR) is 117 cm³/mol. The zero-order valence-corrected chi connectivity index (χ0v) is 19.2. The number of hydrogen-bond donors (Lipinski definition) is 1. The van der Waals surface area contributed by atoms with Gasteiger partial charge in [-0.1, -0.05) is 12.2 Å². The molecule has 5 atom stereocenters. The van der Waals surface area contributed by atoms with Gasteiger partial charge >= 0.3 is 11.9 Å². The van der Waals surface area contributed by atoms with Crippen LogP contribution < -0.4 is 0 Å².